The normalized spacial score (nSPS) is 12.5. The molecule has 0 aliphatic rings. The van der Waals surface area contributed by atoms with E-state index in [9.17, 15) is 19.8 Å². The molecule has 4 N–H and O–H groups in total. The highest BCUT2D eigenvalue weighted by Crippen LogP contribution is 2.39. The number of aliphatic hydroxyl groups is 2. The Balaban J connectivity index is 0.993. The Labute approximate surface area is 422 Å². The van der Waals surface area contributed by atoms with Gasteiger partial charge in [0, 0.05) is 60.5 Å². The summed E-state index contributed by atoms with van der Waals surface area (Å²) in [5.74, 6) is -0.337. The first-order valence-electron chi connectivity index (χ1n) is 22.4. The number of benzene rings is 4. The summed E-state index contributed by atoms with van der Waals surface area (Å²) in [7, 11) is 0. The minimum Gasteiger partial charge on any atom is -0.396 e. The fourth-order valence-corrected chi connectivity index (χ4v) is 11.5. The van der Waals surface area contributed by atoms with E-state index in [0.717, 1.165) is 49.1 Å². The van der Waals surface area contributed by atoms with Gasteiger partial charge >= 0.3 is 11.1 Å². The maximum Gasteiger partial charge on any atom is 0.301 e. The van der Waals surface area contributed by atoms with Crippen molar-refractivity contribution in [2.24, 2.45) is 20.5 Å². The van der Waals surface area contributed by atoms with E-state index in [1.807, 2.05) is 154 Å². The molecule has 0 spiro atoms. The fraction of sp³-hybridized carbons (Fsp3) is 0.176. The minimum absolute atomic E-state index is 0.0645. The topological polar surface area (TPSA) is 217 Å². The van der Waals surface area contributed by atoms with E-state index in [-0.39, 0.29) is 30.5 Å². The average molecular weight is 1020 g/mol. The molecule has 1 atom stereocenters. The minimum atomic E-state index is -0.534. The monoisotopic (exact) mass is 1020 g/mol. The maximum atomic E-state index is 14.4. The van der Waals surface area contributed by atoms with Crippen LogP contribution in [0.5, 0.6) is 0 Å². The summed E-state index contributed by atoms with van der Waals surface area (Å²) in [6.45, 7) is 7.39. The lowest BCUT2D eigenvalue weighted by atomic mass is 9.92. The van der Waals surface area contributed by atoms with E-state index in [1.165, 1.54) is 54.7 Å². The molecule has 356 valence electrons. The Kier molecular flexibility index (Phi) is 13.4. The quantitative estimate of drug-likeness (QED) is 0.0681. The number of aliphatic hydroxyl groups excluding tert-OH is 2. The Morgan fingerprint density at radius 2 is 1.14 bits per heavy atom. The van der Waals surface area contributed by atoms with E-state index in [0.29, 0.717) is 49.6 Å². The van der Waals surface area contributed by atoms with Gasteiger partial charge in [0.15, 0.2) is 11.4 Å². The van der Waals surface area contributed by atoms with Crippen LogP contribution in [-0.2, 0) is 11.8 Å². The summed E-state index contributed by atoms with van der Waals surface area (Å²) < 4.78 is 2.76. The van der Waals surface area contributed by atoms with Crippen molar-refractivity contribution in [3.05, 3.63) is 173 Å². The van der Waals surface area contributed by atoms with Crippen molar-refractivity contribution < 1.29 is 10.2 Å². The number of hydrogen-bond donors (Lipinski definition) is 4. The number of hydrogen-bond acceptors (Lipinski definition) is 16. The Bertz CT molecular complexity index is 3670. The Morgan fingerprint density at radius 3 is 1.68 bits per heavy atom. The number of aromatic amines is 2. The molecule has 20 heteroatoms. The molecule has 4 aromatic carbocycles. The lowest BCUT2D eigenvalue weighted by Crippen LogP contribution is -2.21. The first-order valence-corrected chi connectivity index (χ1v) is 25.8. The molecular weight excluding hydrogens is 973 g/mol. The molecule has 0 saturated heterocycles. The standard InChI is InChI=1S/C51H44N12O4S4/c1-29(25-64)39-38(70-48(55-39)59-56-42-40(34-20-12-7-13-21-34)60-62(45(42)66)49-53-36(26-68-49)32-16-8-5-9-17-32)24-31-15-14-22-35(23-31)41-43(57-58-47-52-30(2)44(71-47)51(3,4)28-65)46(67)63(61-41)50-54-37(27-69-50)33-18-10-6-11-19-33/h5-23,26-27,29,60-61,64-65H,24-25,28H2,1-4H3. The van der Waals surface area contributed by atoms with Gasteiger partial charge in [-0.3, -0.25) is 19.8 Å². The molecule has 16 nitrogen and oxygen atoms in total. The summed E-state index contributed by atoms with van der Waals surface area (Å²) in [4.78, 5) is 49.3. The lowest BCUT2D eigenvalue weighted by Gasteiger charge is -2.19. The highest BCUT2D eigenvalue weighted by molar-refractivity contribution is 7.16. The summed E-state index contributed by atoms with van der Waals surface area (Å²) in [6, 6.07) is 36.6. The van der Waals surface area contributed by atoms with Crippen molar-refractivity contribution in [2.75, 3.05) is 13.2 Å². The van der Waals surface area contributed by atoms with Crippen molar-refractivity contribution in [3.8, 4) is 55.3 Å². The van der Waals surface area contributed by atoms with Gasteiger partial charge in [-0.05, 0) is 18.6 Å². The highest BCUT2D eigenvalue weighted by atomic mass is 32.1. The van der Waals surface area contributed by atoms with Crippen molar-refractivity contribution in [3.63, 3.8) is 0 Å². The zero-order valence-electron chi connectivity index (χ0n) is 38.6. The van der Waals surface area contributed by atoms with Crippen LogP contribution in [0, 0.1) is 6.92 Å². The van der Waals surface area contributed by atoms with E-state index >= 15 is 0 Å². The Morgan fingerprint density at radius 1 is 0.634 bits per heavy atom. The second-order valence-electron chi connectivity index (χ2n) is 17.2. The number of H-pyrrole nitrogens is 2. The zero-order valence-corrected chi connectivity index (χ0v) is 41.9. The van der Waals surface area contributed by atoms with Gasteiger partial charge in [-0.1, -0.05) is 153 Å². The van der Waals surface area contributed by atoms with Gasteiger partial charge in [-0.15, -0.1) is 43.1 Å². The number of thiazole rings is 4. The summed E-state index contributed by atoms with van der Waals surface area (Å²) >= 11 is 5.29. The van der Waals surface area contributed by atoms with E-state index in [2.05, 4.69) is 35.6 Å². The SMILES string of the molecule is Cc1nc(N=Nc2c(-c3cccc(Cc4sc(N=Nc5c(-c6ccccc6)[nH]n(-c6nc(-c7ccccc7)cs6)c5=O)nc4C(C)CO)c3)[nH]n(-c3nc(-c4ccccc4)cs3)c2=O)sc1C(C)(C)CO. The van der Waals surface area contributed by atoms with Crippen molar-refractivity contribution in [1.82, 2.24) is 39.5 Å². The average Bonchev–Trinajstić information content (AvgIpc) is 4.28. The van der Waals surface area contributed by atoms with Crippen molar-refractivity contribution >= 4 is 67.0 Å². The third kappa shape index (κ3) is 9.72. The molecule has 0 aliphatic heterocycles. The van der Waals surface area contributed by atoms with Gasteiger partial charge in [0.1, 0.15) is 0 Å². The molecule has 6 aromatic heterocycles. The molecule has 0 fully saturated rings. The second-order valence-corrected chi connectivity index (χ2v) is 20.9. The molecule has 0 aliphatic carbocycles. The molecule has 10 rings (SSSR count). The molecule has 6 heterocycles. The van der Waals surface area contributed by atoms with Crippen LogP contribution in [0.1, 0.15) is 53.4 Å². The number of aryl methyl sites for hydroxylation is 1. The van der Waals surface area contributed by atoms with Crippen LogP contribution < -0.4 is 11.1 Å². The summed E-state index contributed by atoms with van der Waals surface area (Å²) in [5.41, 5.74) is 6.64. The number of nitrogens with zero attached hydrogens (tertiary/aromatic N) is 10. The Hall–Kier alpha value is -7.46. The molecule has 0 radical (unpaired) electrons. The van der Waals surface area contributed by atoms with Crippen LogP contribution in [0.2, 0.25) is 0 Å². The van der Waals surface area contributed by atoms with Crippen LogP contribution in [-0.4, -0.2) is 62.9 Å². The summed E-state index contributed by atoms with van der Waals surface area (Å²) in [6.07, 6.45) is 0.400. The van der Waals surface area contributed by atoms with Crippen molar-refractivity contribution in [2.45, 2.75) is 45.4 Å². The number of nitrogens with one attached hydrogen (secondary N) is 2. The smallest absolute Gasteiger partial charge is 0.301 e. The number of azo groups is 2. The predicted molar refractivity (Wildman–Crippen MR) is 282 cm³/mol. The van der Waals surface area contributed by atoms with Crippen LogP contribution in [0.4, 0.5) is 21.6 Å². The number of aromatic nitrogens is 8. The molecule has 10 aromatic rings. The second kappa shape index (κ2) is 20.1. The van der Waals surface area contributed by atoms with Gasteiger partial charge in [-0.2, -0.15) is 9.36 Å². The first-order chi connectivity index (χ1) is 34.5. The molecule has 0 amide bonds. The van der Waals surface area contributed by atoms with Gasteiger partial charge in [0.25, 0.3) is 0 Å². The van der Waals surface area contributed by atoms with E-state index < -0.39 is 16.5 Å². The third-order valence-electron chi connectivity index (χ3n) is 11.6. The van der Waals surface area contributed by atoms with Crippen LogP contribution in [0.15, 0.2) is 156 Å². The zero-order chi connectivity index (χ0) is 49.2. The van der Waals surface area contributed by atoms with Crippen LogP contribution in [0.3, 0.4) is 0 Å². The molecule has 71 heavy (non-hydrogen) atoms. The van der Waals surface area contributed by atoms with E-state index in [1.54, 1.807) is 0 Å². The first kappa shape index (κ1) is 47.2. The van der Waals surface area contributed by atoms with Gasteiger partial charge < -0.3 is 10.2 Å². The predicted octanol–water partition coefficient (Wildman–Crippen LogP) is 12.2. The molecule has 0 bridgehead atoms. The molecular formula is C51H44N12O4S4. The number of rotatable bonds is 16. The largest absolute Gasteiger partial charge is 0.396 e. The third-order valence-corrected chi connectivity index (χ3v) is 15.6. The van der Waals surface area contributed by atoms with Crippen LogP contribution >= 0.6 is 45.3 Å². The van der Waals surface area contributed by atoms with Gasteiger partial charge in [0.2, 0.25) is 20.5 Å². The van der Waals surface area contributed by atoms with Crippen LogP contribution in [0.25, 0.3) is 55.3 Å². The fourth-order valence-electron chi connectivity index (χ4n) is 7.86. The van der Waals surface area contributed by atoms with Gasteiger partial charge in [-0.25, -0.2) is 19.9 Å². The lowest BCUT2D eigenvalue weighted by molar-refractivity contribution is 0.220. The highest BCUT2D eigenvalue weighted by Gasteiger charge is 2.27. The maximum absolute atomic E-state index is 14.4. The van der Waals surface area contributed by atoms with Crippen molar-refractivity contribution in [1.29, 1.82) is 0 Å². The van der Waals surface area contributed by atoms with E-state index in [4.69, 9.17) is 15.0 Å². The summed E-state index contributed by atoms with van der Waals surface area (Å²) in [5, 5.41) is 50.4. The van der Waals surface area contributed by atoms with Gasteiger partial charge in [0.05, 0.1) is 47.4 Å². The molecule has 0 saturated carbocycles. The molecule has 1 unspecified atom stereocenters.